The normalized spacial score (nSPS) is 12.5. The van der Waals surface area contributed by atoms with E-state index in [2.05, 4.69) is 173 Å². The Morgan fingerprint density at radius 3 is 1.47 bits per heavy atom. The van der Waals surface area contributed by atoms with Crippen molar-refractivity contribution in [3.8, 4) is 24.2 Å². The van der Waals surface area contributed by atoms with Crippen molar-refractivity contribution in [3.05, 3.63) is 197 Å². The van der Waals surface area contributed by atoms with Gasteiger partial charge in [0.15, 0.2) is 0 Å². The number of benzene rings is 6. The average Bonchev–Trinajstić information content (AvgIpc) is 3.28. The zero-order valence-electron chi connectivity index (χ0n) is 33.5. The van der Waals surface area contributed by atoms with E-state index in [1.807, 2.05) is 54.6 Å². The third-order valence-electron chi connectivity index (χ3n) is 10.4. The van der Waals surface area contributed by atoms with Crippen LogP contribution in [-0.2, 0) is 0 Å². The molecule has 1 heterocycles. The van der Waals surface area contributed by atoms with Crippen LogP contribution in [0.15, 0.2) is 186 Å². The summed E-state index contributed by atoms with van der Waals surface area (Å²) in [5.74, 6) is 8.80. The summed E-state index contributed by atoms with van der Waals surface area (Å²) < 4.78 is 7.33. The van der Waals surface area contributed by atoms with Crippen LogP contribution >= 0.6 is 0 Å². The zero-order chi connectivity index (χ0) is 39.5. The maximum absolute atomic E-state index is 5.31. The van der Waals surface area contributed by atoms with E-state index in [1.54, 1.807) is 3.59 Å². The number of unbranched alkanes of at least 4 members (excludes halogenated alkanes) is 2. The van der Waals surface area contributed by atoms with E-state index in [9.17, 15) is 0 Å². The second-order valence-electron chi connectivity index (χ2n) is 14.3. The van der Waals surface area contributed by atoms with Crippen molar-refractivity contribution in [2.75, 3.05) is 9.80 Å². The van der Waals surface area contributed by atoms with Gasteiger partial charge in [0.1, 0.15) is 0 Å². The van der Waals surface area contributed by atoms with Gasteiger partial charge < -0.3 is 4.90 Å². The molecular weight excluding hydrogens is 795 g/mol. The summed E-state index contributed by atoms with van der Waals surface area (Å²) in [7, 11) is 0. The SMILES string of the molecule is C#CCC#Cc1ccccc1N(c1ccccc1)c1ccccc1.CCC[CH2][Sn]1([CH2]CCC)[CH]=CCC=[C]1c1ccccc1N(c1ccccc1)c1ccccc1. The third-order valence-corrected chi connectivity index (χ3v) is 24.5. The molecule has 0 fully saturated rings. The molecule has 6 aromatic carbocycles. The Kier molecular flexibility index (Phi) is 15.5. The van der Waals surface area contributed by atoms with Gasteiger partial charge in [-0.05, 0) is 36.4 Å². The van der Waals surface area contributed by atoms with Crippen molar-refractivity contribution >= 4 is 56.1 Å². The molecule has 7 rings (SSSR count). The second kappa shape index (κ2) is 21.6. The minimum absolute atomic E-state index is 0.449. The molecule has 0 aliphatic carbocycles. The Hall–Kier alpha value is -5.68. The molecule has 0 saturated carbocycles. The third kappa shape index (κ3) is 10.6. The van der Waals surface area contributed by atoms with E-state index in [-0.39, 0.29) is 0 Å². The summed E-state index contributed by atoms with van der Waals surface area (Å²) in [5, 5.41) is 0. The van der Waals surface area contributed by atoms with Gasteiger partial charge in [-0.3, -0.25) is 0 Å². The standard InChI is InChI=1S/C23H19N.C23H17N.2C4H9.Sn/c2*1-2-3-6-13-20-14-11-12-19-23(20)24(21-15-7-4-8-16-21)22-17-9-5-10-18-22;2*1-3-4-2;/h1-2,4-12,14-19H,3H2;1,4-5,7-12,14-19H,3H2;2*1,3-4H2,2H3;. The van der Waals surface area contributed by atoms with Crippen LogP contribution in [0.2, 0.25) is 8.87 Å². The molecule has 0 atom stereocenters. The summed E-state index contributed by atoms with van der Waals surface area (Å²) in [6.45, 7) is 4.69. The van der Waals surface area contributed by atoms with Crippen molar-refractivity contribution in [2.45, 2.75) is 61.2 Å². The Morgan fingerprint density at radius 2 is 0.982 bits per heavy atom. The van der Waals surface area contributed by atoms with Crippen LogP contribution in [0.4, 0.5) is 34.1 Å². The van der Waals surface area contributed by atoms with Gasteiger partial charge in [-0.25, -0.2) is 0 Å². The van der Waals surface area contributed by atoms with Crippen molar-refractivity contribution in [1.82, 2.24) is 0 Å². The van der Waals surface area contributed by atoms with Crippen molar-refractivity contribution in [2.24, 2.45) is 0 Å². The summed E-state index contributed by atoms with van der Waals surface area (Å²) >= 11 is -2.66. The van der Waals surface area contributed by atoms with Crippen LogP contribution in [0.3, 0.4) is 0 Å². The zero-order valence-corrected chi connectivity index (χ0v) is 36.4. The Bertz CT molecular complexity index is 2210. The van der Waals surface area contributed by atoms with E-state index in [1.165, 1.54) is 57.2 Å². The fourth-order valence-electron chi connectivity index (χ4n) is 7.72. The number of terminal acetylenes is 1. The average molecular weight is 850 g/mol. The van der Waals surface area contributed by atoms with Crippen LogP contribution in [0, 0.1) is 24.2 Å². The van der Waals surface area contributed by atoms with Crippen molar-refractivity contribution in [3.63, 3.8) is 0 Å². The van der Waals surface area contributed by atoms with Gasteiger partial charge in [0.2, 0.25) is 0 Å². The van der Waals surface area contributed by atoms with E-state index < -0.39 is 18.4 Å². The first-order valence-electron chi connectivity index (χ1n) is 20.5. The van der Waals surface area contributed by atoms with E-state index in [4.69, 9.17) is 6.42 Å². The van der Waals surface area contributed by atoms with Crippen molar-refractivity contribution in [1.29, 1.82) is 0 Å². The Balaban J connectivity index is 0.000000203. The second-order valence-corrected chi connectivity index (χ2v) is 26.3. The molecule has 6 aromatic rings. The van der Waals surface area contributed by atoms with Gasteiger partial charge in [-0.2, -0.15) is 0 Å². The van der Waals surface area contributed by atoms with Gasteiger partial charge in [0, 0.05) is 16.9 Å². The Labute approximate surface area is 346 Å². The predicted molar refractivity (Wildman–Crippen MR) is 249 cm³/mol. The van der Waals surface area contributed by atoms with Crippen LogP contribution in [-0.4, -0.2) is 18.4 Å². The summed E-state index contributed by atoms with van der Waals surface area (Å²) in [4.78, 5) is 4.66. The number of hydrogen-bond acceptors (Lipinski definition) is 2. The summed E-state index contributed by atoms with van der Waals surface area (Å²) in [6, 6.07) is 59.5. The first kappa shape index (κ1) is 41.0. The molecule has 0 amide bonds. The Morgan fingerprint density at radius 1 is 0.544 bits per heavy atom. The van der Waals surface area contributed by atoms with Crippen LogP contribution < -0.4 is 9.80 Å². The van der Waals surface area contributed by atoms with Crippen molar-refractivity contribution < 1.29 is 0 Å². The van der Waals surface area contributed by atoms with Gasteiger partial charge in [0.05, 0.1) is 12.1 Å². The van der Waals surface area contributed by atoms with Crippen LogP contribution in [0.1, 0.15) is 63.5 Å². The number of hydrogen-bond donors (Lipinski definition) is 0. The van der Waals surface area contributed by atoms with Crippen LogP contribution in [0.5, 0.6) is 0 Å². The van der Waals surface area contributed by atoms with Gasteiger partial charge in [-0.15, -0.1) is 6.42 Å². The number of para-hydroxylation sites is 6. The van der Waals surface area contributed by atoms with E-state index in [0.29, 0.717) is 6.42 Å². The summed E-state index contributed by atoms with van der Waals surface area (Å²) in [6.07, 6.45) is 17.2. The molecule has 0 N–H and O–H groups in total. The maximum atomic E-state index is 5.31. The number of rotatable bonds is 13. The summed E-state index contributed by atoms with van der Waals surface area (Å²) in [5.41, 5.74) is 9.38. The molecule has 0 saturated heterocycles. The topological polar surface area (TPSA) is 6.48 Å². The van der Waals surface area contributed by atoms with Crippen LogP contribution in [0.25, 0.3) is 3.59 Å². The molecule has 3 heteroatoms. The van der Waals surface area contributed by atoms with Gasteiger partial charge in [0.25, 0.3) is 0 Å². The quantitative estimate of drug-likeness (QED) is 0.0844. The first-order valence-corrected chi connectivity index (χ1v) is 27.6. The number of allylic oxidation sites excluding steroid dienone is 2. The number of nitrogens with zero attached hydrogens (tertiary/aromatic N) is 2. The first-order chi connectivity index (χ1) is 28.2. The van der Waals surface area contributed by atoms with E-state index >= 15 is 0 Å². The molecule has 284 valence electrons. The molecule has 57 heavy (non-hydrogen) atoms. The predicted octanol–water partition coefficient (Wildman–Crippen LogP) is 15.2. The molecule has 0 radical (unpaired) electrons. The molecule has 0 unspecified atom stereocenters. The van der Waals surface area contributed by atoms with Gasteiger partial charge >= 0.3 is 205 Å². The number of anilines is 6. The monoisotopic (exact) mass is 850 g/mol. The molecule has 0 spiro atoms. The minimum atomic E-state index is -2.66. The van der Waals surface area contributed by atoms with E-state index in [0.717, 1.165) is 29.0 Å². The molecular formula is C54H54N2Sn. The molecule has 1 aliphatic heterocycles. The molecule has 0 aromatic heterocycles. The fourth-order valence-corrected chi connectivity index (χ4v) is 22.4. The fraction of sp³-hybridized carbons (Fsp3) is 0.185. The molecule has 0 bridgehead atoms. The molecule has 1 aliphatic rings. The van der Waals surface area contributed by atoms with Gasteiger partial charge in [-0.1, -0.05) is 66.3 Å². The molecule has 2 nitrogen and oxygen atoms in total.